The van der Waals surface area contributed by atoms with Crippen LogP contribution in [0.2, 0.25) is 0 Å². The van der Waals surface area contributed by atoms with Crippen LogP contribution in [0.3, 0.4) is 0 Å². The van der Waals surface area contributed by atoms with E-state index in [1.165, 1.54) is 7.11 Å². The maximum atomic E-state index is 10.9. The standard InChI is InChI=1S/C13H15N3O4/c1-18-10-5-3-9(4-6-10)12-15-11(20-16-12)7-8-14-13(17)19-2/h3-6H,7-8H2,1-2H3,(H,14,17). The molecule has 1 heterocycles. The van der Waals surface area contributed by atoms with Crippen LogP contribution < -0.4 is 10.1 Å². The van der Waals surface area contributed by atoms with Crippen molar-refractivity contribution in [2.75, 3.05) is 20.8 Å². The summed E-state index contributed by atoms with van der Waals surface area (Å²) in [6.07, 6.45) is -0.0435. The molecule has 0 spiro atoms. The first kappa shape index (κ1) is 13.9. The van der Waals surface area contributed by atoms with Gasteiger partial charge < -0.3 is 19.3 Å². The van der Waals surface area contributed by atoms with Gasteiger partial charge in [-0.25, -0.2) is 4.79 Å². The second kappa shape index (κ2) is 6.55. The highest BCUT2D eigenvalue weighted by Crippen LogP contribution is 2.19. The average Bonchev–Trinajstić information content (AvgIpc) is 2.96. The quantitative estimate of drug-likeness (QED) is 0.894. The van der Waals surface area contributed by atoms with Gasteiger partial charge in [-0.1, -0.05) is 5.16 Å². The molecule has 7 nitrogen and oxygen atoms in total. The molecular formula is C13H15N3O4. The zero-order valence-electron chi connectivity index (χ0n) is 11.3. The molecule has 106 valence electrons. The van der Waals surface area contributed by atoms with E-state index in [1.807, 2.05) is 24.3 Å². The third kappa shape index (κ3) is 3.47. The SMILES string of the molecule is COC(=O)NCCc1nc(-c2ccc(OC)cc2)no1. The Labute approximate surface area is 115 Å². The summed E-state index contributed by atoms with van der Waals surface area (Å²) >= 11 is 0. The van der Waals surface area contributed by atoms with Crippen molar-refractivity contribution in [1.29, 1.82) is 0 Å². The minimum Gasteiger partial charge on any atom is -0.497 e. The fourth-order valence-electron chi connectivity index (χ4n) is 1.56. The Bertz CT molecular complexity index is 565. The lowest BCUT2D eigenvalue weighted by Gasteiger charge is -2.00. The molecule has 1 amide bonds. The van der Waals surface area contributed by atoms with Crippen molar-refractivity contribution < 1.29 is 18.8 Å². The second-order valence-corrected chi connectivity index (χ2v) is 3.91. The van der Waals surface area contributed by atoms with Crippen LogP contribution in [0.1, 0.15) is 5.89 Å². The maximum absolute atomic E-state index is 10.9. The van der Waals surface area contributed by atoms with E-state index in [1.54, 1.807) is 7.11 Å². The molecule has 20 heavy (non-hydrogen) atoms. The van der Waals surface area contributed by atoms with E-state index in [0.29, 0.717) is 24.7 Å². The van der Waals surface area contributed by atoms with Gasteiger partial charge >= 0.3 is 6.09 Å². The smallest absolute Gasteiger partial charge is 0.406 e. The van der Waals surface area contributed by atoms with Gasteiger partial charge in [0.1, 0.15) is 5.75 Å². The predicted octanol–water partition coefficient (Wildman–Crippen LogP) is 1.64. The first-order valence-corrected chi connectivity index (χ1v) is 6.01. The average molecular weight is 277 g/mol. The van der Waals surface area contributed by atoms with Crippen molar-refractivity contribution in [3.63, 3.8) is 0 Å². The van der Waals surface area contributed by atoms with Crippen LogP contribution in [0.5, 0.6) is 5.75 Å². The molecule has 0 fully saturated rings. The molecule has 2 aromatic rings. The number of alkyl carbamates (subject to hydrolysis) is 1. The van der Waals surface area contributed by atoms with Gasteiger partial charge in [-0.2, -0.15) is 4.98 Å². The third-order valence-corrected chi connectivity index (χ3v) is 2.61. The largest absolute Gasteiger partial charge is 0.497 e. The van der Waals surface area contributed by atoms with Crippen molar-refractivity contribution >= 4 is 6.09 Å². The summed E-state index contributed by atoms with van der Waals surface area (Å²) in [6, 6.07) is 7.34. The summed E-state index contributed by atoms with van der Waals surface area (Å²) in [5.74, 6) is 1.72. The van der Waals surface area contributed by atoms with Crippen molar-refractivity contribution in [2.24, 2.45) is 0 Å². The summed E-state index contributed by atoms with van der Waals surface area (Å²) < 4.78 is 14.6. The molecule has 0 unspecified atom stereocenters. The Hall–Kier alpha value is -2.57. The zero-order valence-corrected chi connectivity index (χ0v) is 11.3. The number of amides is 1. The number of carbonyl (C=O) groups is 1. The van der Waals surface area contributed by atoms with Gasteiger partial charge in [0.15, 0.2) is 0 Å². The van der Waals surface area contributed by atoms with Crippen LogP contribution in [0.4, 0.5) is 4.79 Å². The molecular weight excluding hydrogens is 262 g/mol. The number of hydrogen-bond acceptors (Lipinski definition) is 6. The molecule has 0 bridgehead atoms. The Morgan fingerprint density at radius 2 is 2.05 bits per heavy atom. The Kier molecular flexibility index (Phi) is 4.54. The van der Waals surface area contributed by atoms with Crippen LogP contribution in [0.25, 0.3) is 11.4 Å². The van der Waals surface area contributed by atoms with Crippen LogP contribution in [0, 0.1) is 0 Å². The number of carbonyl (C=O) groups excluding carboxylic acids is 1. The van der Waals surface area contributed by atoms with Crippen LogP contribution in [-0.2, 0) is 11.2 Å². The molecule has 0 radical (unpaired) electrons. The predicted molar refractivity (Wildman–Crippen MR) is 70.4 cm³/mol. The van der Waals surface area contributed by atoms with Crippen molar-refractivity contribution in [1.82, 2.24) is 15.5 Å². The normalized spacial score (nSPS) is 10.1. The van der Waals surface area contributed by atoms with E-state index in [9.17, 15) is 4.79 Å². The lowest BCUT2D eigenvalue weighted by molar-refractivity contribution is 0.171. The van der Waals surface area contributed by atoms with E-state index in [-0.39, 0.29) is 0 Å². The lowest BCUT2D eigenvalue weighted by Crippen LogP contribution is -2.25. The van der Waals surface area contributed by atoms with E-state index in [2.05, 4.69) is 20.2 Å². The highest BCUT2D eigenvalue weighted by Gasteiger charge is 2.09. The summed E-state index contributed by atoms with van der Waals surface area (Å²) in [5, 5.41) is 6.43. The first-order valence-electron chi connectivity index (χ1n) is 6.01. The molecule has 0 saturated heterocycles. The Morgan fingerprint density at radius 3 is 2.70 bits per heavy atom. The minimum atomic E-state index is -0.486. The third-order valence-electron chi connectivity index (χ3n) is 2.61. The highest BCUT2D eigenvalue weighted by molar-refractivity contribution is 5.66. The van der Waals surface area contributed by atoms with E-state index >= 15 is 0 Å². The molecule has 2 rings (SSSR count). The molecule has 1 aromatic heterocycles. The van der Waals surface area contributed by atoms with E-state index < -0.39 is 6.09 Å². The molecule has 1 N–H and O–H groups in total. The number of rotatable bonds is 5. The van der Waals surface area contributed by atoms with E-state index in [0.717, 1.165) is 11.3 Å². The van der Waals surface area contributed by atoms with Crippen molar-refractivity contribution in [3.8, 4) is 17.1 Å². The van der Waals surface area contributed by atoms with Gasteiger partial charge in [-0.3, -0.25) is 0 Å². The number of methoxy groups -OCH3 is 2. The molecule has 0 aliphatic heterocycles. The van der Waals surface area contributed by atoms with Crippen LogP contribution in [-0.4, -0.2) is 37.0 Å². The van der Waals surface area contributed by atoms with Gasteiger partial charge in [-0.05, 0) is 24.3 Å². The van der Waals surface area contributed by atoms with Crippen molar-refractivity contribution in [3.05, 3.63) is 30.2 Å². The minimum absolute atomic E-state index is 0.372. The van der Waals surface area contributed by atoms with Gasteiger partial charge in [-0.15, -0.1) is 0 Å². The summed E-state index contributed by atoms with van der Waals surface area (Å²) in [4.78, 5) is 15.1. The van der Waals surface area contributed by atoms with E-state index in [4.69, 9.17) is 9.26 Å². The molecule has 7 heteroatoms. The second-order valence-electron chi connectivity index (χ2n) is 3.91. The summed E-state index contributed by atoms with van der Waals surface area (Å²) in [6.45, 7) is 0.372. The van der Waals surface area contributed by atoms with Gasteiger partial charge in [0, 0.05) is 18.5 Å². The number of nitrogens with one attached hydrogen (secondary N) is 1. The summed E-state index contributed by atoms with van der Waals surface area (Å²) in [7, 11) is 2.92. The topological polar surface area (TPSA) is 86.5 Å². The Balaban J connectivity index is 1.95. The fourth-order valence-corrected chi connectivity index (χ4v) is 1.56. The summed E-state index contributed by atoms with van der Waals surface area (Å²) in [5.41, 5.74) is 0.835. The highest BCUT2D eigenvalue weighted by atomic mass is 16.5. The van der Waals surface area contributed by atoms with Gasteiger partial charge in [0.2, 0.25) is 11.7 Å². The number of nitrogens with zero attached hydrogens (tertiary/aromatic N) is 2. The molecule has 0 aliphatic carbocycles. The van der Waals surface area contributed by atoms with Crippen molar-refractivity contribution in [2.45, 2.75) is 6.42 Å². The number of aromatic nitrogens is 2. The Morgan fingerprint density at radius 1 is 1.30 bits per heavy atom. The molecule has 0 atom stereocenters. The fraction of sp³-hybridized carbons (Fsp3) is 0.308. The first-order chi connectivity index (χ1) is 9.72. The number of benzene rings is 1. The number of hydrogen-bond donors (Lipinski definition) is 1. The lowest BCUT2D eigenvalue weighted by atomic mass is 10.2. The number of ether oxygens (including phenoxy) is 2. The molecule has 1 aromatic carbocycles. The monoisotopic (exact) mass is 277 g/mol. The van der Waals surface area contributed by atoms with Gasteiger partial charge in [0.05, 0.1) is 14.2 Å². The molecule has 0 saturated carbocycles. The van der Waals surface area contributed by atoms with Crippen LogP contribution in [0.15, 0.2) is 28.8 Å². The zero-order chi connectivity index (χ0) is 14.4. The van der Waals surface area contributed by atoms with Gasteiger partial charge in [0.25, 0.3) is 0 Å². The van der Waals surface area contributed by atoms with Crippen LogP contribution >= 0.6 is 0 Å². The molecule has 0 aliphatic rings. The maximum Gasteiger partial charge on any atom is 0.406 e.